The Morgan fingerprint density at radius 1 is 1.07 bits per heavy atom. The number of morpholine rings is 1. The van der Waals surface area contributed by atoms with Crippen molar-refractivity contribution in [2.75, 3.05) is 57.2 Å². The Bertz CT molecular complexity index is 1010. The normalized spacial score (nSPS) is 16.9. The highest BCUT2D eigenvalue weighted by Gasteiger charge is 2.28. The molecule has 3 aliphatic rings. The number of hydrogen-bond donors (Lipinski definition) is 2. The van der Waals surface area contributed by atoms with Gasteiger partial charge in [-0.15, -0.1) is 0 Å². The van der Waals surface area contributed by atoms with E-state index in [1.54, 1.807) is 11.0 Å². The van der Waals surface area contributed by atoms with Crippen molar-refractivity contribution in [3.05, 3.63) is 41.1 Å². The number of nitrogens with zero attached hydrogens (tertiary/aromatic N) is 2. The Hall–Kier alpha value is -3.26. The smallest absolute Gasteiger partial charge is 0.257 e. The van der Waals surface area contributed by atoms with Crippen LogP contribution in [-0.4, -0.2) is 62.4 Å². The molecule has 5 rings (SSSR count). The zero-order valence-corrected chi connectivity index (χ0v) is 16.9. The molecule has 30 heavy (non-hydrogen) atoms. The van der Waals surface area contributed by atoms with E-state index in [9.17, 15) is 4.79 Å². The predicted molar refractivity (Wildman–Crippen MR) is 114 cm³/mol. The van der Waals surface area contributed by atoms with Crippen molar-refractivity contribution in [2.24, 2.45) is 0 Å². The highest BCUT2D eigenvalue weighted by Crippen LogP contribution is 2.42. The fraction of sp³-hybridized carbons (Fsp3) is 0.364. The summed E-state index contributed by atoms with van der Waals surface area (Å²) in [6.07, 6.45) is 5.00. The first kappa shape index (κ1) is 18.7. The van der Waals surface area contributed by atoms with Crippen LogP contribution in [0.1, 0.15) is 21.6 Å². The maximum Gasteiger partial charge on any atom is 0.257 e. The van der Waals surface area contributed by atoms with Crippen LogP contribution in [0.2, 0.25) is 0 Å². The largest absolute Gasteiger partial charge is 0.485 e. The number of hydrogen-bond acceptors (Lipinski definition) is 7. The Morgan fingerprint density at radius 3 is 2.67 bits per heavy atom. The Balaban J connectivity index is 1.47. The second kappa shape index (κ2) is 7.87. The van der Waals surface area contributed by atoms with Gasteiger partial charge >= 0.3 is 0 Å². The number of pyridine rings is 1. The molecule has 2 N–H and O–H groups in total. The number of nitrogens with one attached hydrogen (secondary N) is 2. The van der Waals surface area contributed by atoms with Gasteiger partial charge in [-0.3, -0.25) is 4.79 Å². The van der Waals surface area contributed by atoms with Crippen LogP contribution in [0.4, 0.5) is 17.2 Å². The lowest BCUT2D eigenvalue weighted by Crippen LogP contribution is -2.41. The molecule has 0 atom stereocenters. The van der Waals surface area contributed by atoms with Crippen molar-refractivity contribution in [1.29, 1.82) is 0 Å². The molecule has 1 saturated heterocycles. The number of benzene rings is 1. The van der Waals surface area contributed by atoms with E-state index in [2.05, 4.69) is 22.8 Å². The molecule has 2 aromatic rings. The fourth-order valence-electron chi connectivity index (χ4n) is 3.99. The van der Waals surface area contributed by atoms with Gasteiger partial charge in [0, 0.05) is 43.9 Å². The first-order valence-corrected chi connectivity index (χ1v) is 10.2. The molecule has 1 aromatic carbocycles. The molecule has 1 fully saturated rings. The van der Waals surface area contributed by atoms with Crippen LogP contribution >= 0.6 is 0 Å². The minimum Gasteiger partial charge on any atom is -0.485 e. The van der Waals surface area contributed by atoms with E-state index >= 15 is 0 Å². The Kier molecular flexibility index (Phi) is 4.92. The number of anilines is 3. The highest BCUT2D eigenvalue weighted by molar-refractivity contribution is 5.99. The second-order valence-electron chi connectivity index (χ2n) is 7.32. The molecule has 3 heterocycles. The lowest BCUT2D eigenvalue weighted by Gasteiger charge is -2.29. The molecule has 8 heteroatoms. The van der Waals surface area contributed by atoms with E-state index in [-0.39, 0.29) is 5.91 Å². The lowest BCUT2D eigenvalue weighted by molar-refractivity contribution is 0.0298. The lowest BCUT2D eigenvalue weighted by atomic mass is 10.1. The van der Waals surface area contributed by atoms with Crippen molar-refractivity contribution in [3.8, 4) is 11.5 Å². The van der Waals surface area contributed by atoms with Gasteiger partial charge in [0.05, 0.1) is 30.2 Å². The number of rotatable bonds is 4. The minimum atomic E-state index is -0.0641. The number of carbonyl (C=O) groups excluding carboxylic acids is 1. The molecule has 0 unspecified atom stereocenters. The third kappa shape index (κ3) is 3.33. The third-order valence-electron chi connectivity index (χ3n) is 5.48. The number of allylic oxidation sites excluding steroid dienone is 1. The summed E-state index contributed by atoms with van der Waals surface area (Å²) < 4.78 is 17.2. The molecule has 0 radical (unpaired) electrons. The van der Waals surface area contributed by atoms with Gasteiger partial charge in [0.15, 0.2) is 11.5 Å². The summed E-state index contributed by atoms with van der Waals surface area (Å²) in [5.74, 6) is 1.68. The molecule has 1 aliphatic carbocycles. The monoisotopic (exact) mass is 408 g/mol. The standard InChI is InChI=1S/C22H24N4O4/c1-23-18-13-19(24-16-4-2-3-14(16)18)25-17-6-5-15(20-21(17)30-12-11-29-20)22(27)26-7-9-28-10-8-26/h2-3,5-6,13H,4,7-12H2,1H3,(H2,23,24,25). The van der Waals surface area contributed by atoms with Gasteiger partial charge in [-0.25, -0.2) is 4.98 Å². The molecule has 0 bridgehead atoms. The van der Waals surface area contributed by atoms with E-state index in [1.165, 1.54) is 0 Å². The van der Waals surface area contributed by atoms with Crippen LogP contribution in [0, 0.1) is 0 Å². The SMILES string of the molecule is CNc1cc(Nc2ccc(C(=O)N3CCOCC3)c3c2OCCO3)nc2c1C=CC2. The van der Waals surface area contributed by atoms with Crippen LogP contribution in [0.5, 0.6) is 11.5 Å². The molecule has 1 amide bonds. The summed E-state index contributed by atoms with van der Waals surface area (Å²) in [5, 5.41) is 6.58. The number of aromatic nitrogens is 1. The van der Waals surface area contributed by atoms with Gasteiger partial charge in [0.25, 0.3) is 5.91 Å². The zero-order chi connectivity index (χ0) is 20.5. The van der Waals surface area contributed by atoms with Crippen molar-refractivity contribution in [1.82, 2.24) is 9.88 Å². The molecular formula is C22H24N4O4. The van der Waals surface area contributed by atoms with E-state index in [1.807, 2.05) is 19.2 Å². The van der Waals surface area contributed by atoms with E-state index in [0.29, 0.717) is 62.4 Å². The maximum atomic E-state index is 13.0. The number of ether oxygens (including phenoxy) is 3. The molecule has 2 aliphatic heterocycles. The summed E-state index contributed by atoms with van der Waals surface area (Å²) in [7, 11) is 1.90. The van der Waals surface area contributed by atoms with Gasteiger partial charge in [-0.1, -0.05) is 12.2 Å². The fourth-order valence-corrected chi connectivity index (χ4v) is 3.99. The van der Waals surface area contributed by atoms with Gasteiger partial charge in [0.2, 0.25) is 0 Å². The highest BCUT2D eigenvalue weighted by atomic mass is 16.6. The topological polar surface area (TPSA) is 85.0 Å². The maximum absolute atomic E-state index is 13.0. The van der Waals surface area contributed by atoms with Gasteiger partial charge < -0.3 is 29.7 Å². The predicted octanol–water partition coefficient (Wildman–Crippen LogP) is 2.68. The first-order chi connectivity index (χ1) is 14.7. The summed E-state index contributed by atoms with van der Waals surface area (Å²) in [6, 6.07) is 5.62. The molecule has 1 aromatic heterocycles. The Morgan fingerprint density at radius 2 is 1.87 bits per heavy atom. The van der Waals surface area contributed by atoms with Gasteiger partial charge in [0.1, 0.15) is 19.0 Å². The van der Waals surface area contributed by atoms with E-state index < -0.39 is 0 Å². The average Bonchev–Trinajstić information content (AvgIpc) is 3.27. The van der Waals surface area contributed by atoms with Gasteiger partial charge in [-0.05, 0) is 12.1 Å². The average molecular weight is 408 g/mol. The summed E-state index contributed by atoms with van der Waals surface area (Å²) >= 11 is 0. The van der Waals surface area contributed by atoms with E-state index in [0.717, 1.165) is 29.1 Å². The van der Waals surface area contributed by atoms with Crippen molar-refractivity contribution in [3.63, 3.8) is 0 Å². The van der Waals surface area contributed by atoms with Crippen LogP contribution < -0.4 is 20.1 Å². The zero-order valence-electron chi connectivity index (χ0n) is 16.9. The quantitative estimate of drug-likeness (QED) is 0.805. The Labute approximate surface area is 174 Å². The summed E-state index contributed by atoms with van der Waals surface area (Å²) in [5.41, 5.74) is 4.40. The molecule has 0 saturated carbocycles. The van der Waals surface area contributed by atoms with Gasteiger partial charge in [-0.2, -0.15) is 0 Å². The number of carbonyl (C=O) groups is 1. The van der Waals surface area contributed by atoms with Crippen molar-refractivity contribution in [2.45, 2.75) is 6.42 Å². The van der Waals surface area contributed by atoms with E-state index in [4.69, 9.17) is 19.2 Å². The van der Waals surface area contributed by atoms with Crippen LogP contribution in [0.15, 0.2) is 24.3 Å². The summed E-state index contributed by atoms with van der Waals surface area (Å²) in [6.45, 7) is 3.10. The molecule has 0 spiro atoms. The van der Waals surface area contributed by atoms with Crippen molar-refractivity contribution < 1.29 is 19.0 Å². The van der Waals surface area contributed by atoms with Crippen molar-refractivity contribution >= 4 is 29.2 Å². The van der Waals surface area contributed by atoms with Crippen LogP contribution in [-0.2, 0) is 11.2 Å². The third-order valence-corrected chi connectivity index (χ3v) is 5.48. The van der Waals surface area contributed by atoms with Crippen LogP contribution in [0.25, 0.3) is 6.08 Å². The molecule has 156 valence electrons. The van der Waals surface area contributed by atoms with Crippen LogP contribution in [0.3, 0.4) is 0 Å². The second-order valence-corrected chi connectivity index (χ2v) is 7.32. The number of fused-ring (bicyclic) bond motifs is 2. The minimum absolute atomic E-state index is 0.0641. The first-order valence-electron chi connectivity index (χ1n) is 10.2. The summed E-state index contributed by atoms with van der Waals surface area (Å²) in [4.78, 5) is 19.6. The number of amides is 1. The molecular weight excluding hydrogens is 384 g/mol. The molecule has 8 nitrogen and oxygen atoms in total.